The topological polar surface area (TPSA) is 71.1 Å². The summed E-state index contributed by atoms with van der Waals surface area (Å²) in [4.78, 5) is 4.51. The van der Waals surface area contributed by atoms with E-state index in [0.29, 0.717) is 16.8 Å². The van der Waals surface area contributed by atoms with Crippen LogP contribution in [0.25, 0.3) is 0 Å². The van der Waals surface area contributed by atoms with Crippen molar-refractivity contribution >= 4 is 21.5 Å². The van der Waals surface area contributed by atoms with Gasteiger partial charge in [-0.15, -0.1) is 0 Å². The minimum absolute atomic E-state index is 0.303. The lowest BCUT2D eigenvalue weighted by Crippen LogP contribution is -2.16. The fourth-order valence-corrected chi connectivity index (χ4v) is 4.06. The lowest BCUT2D eigenvalue weighted by Gasteiger charge is -2.17. The van der Waals surface area contributed by atoms with Gasteiger partial charge < -0.3 is 5.32 Å². The minimum atomic E-state index is -3.62. The molecule has 0 saturated heterocycles. The van der Waals surface area contributed by atoms with Crippen molar-refractivity contribution in [2.24, 2.45) is 0 Å². The van der Waals surface area contributed by atoms with E-state index in [-0.39, 0.29) is 0 Å². The zero-order valence-electron chi connectivity index (χ0n) is 14.7. The summed E-state index contributed by atoms with van der Waals surface area (Å²) in [5.41, 5.74) is 3.30. The minimum Gasteiger partial charge on any atom is -0.381 e. The second-order valence-corrected chi connectivity index (χ2v) is 8.31. The van der Waals surface area contributed by atoms with Crippen LogP contribution in [0.15, 0.2) is 41.4 Å². The largest absolute Gasteiger partial charge is 0.381 e. The van der Waals surface area contributed by atoms with Crippen molar-refractivity contribution in [2.45, 2.75) is 56.9 Å². The third-order valence-corrected chi connectivity index (χ3v) is 6.01. The van der Waals surface area contributed by atoms with E-state index in [0.717, 1.165) is 36.9 Å². The van der Waals surface area contributed by atoms with Crippen LogP contribution in [0.5, 0.6) is 0 Å². The van der Waals surface area contributed by atoms with Crippen LogP contribution in [-0.2, 0) is 22.9 Å². The molecule has 1 aliphatic carbocycles. The van der Waals surface area contributed by atoms with E-state index in [1.54, 1.807) is 24.4 Å². The molecule has 2 N–H and O–H groups in total. The van der Waals surface area contributed by atoms with Crippen molar-refractivity contribution < 1.29 is 8.42 Å². The van der Waals surface area contributed by atoms with Crippen molar-refractivity contribution in [2.75, 3.05) is 10.0 Å². The van der Waals surface area contributed by atoms with Crippen LogP contribution in [0.4, 0.5) is 11.5 Å². The van der Waals surface area contributed by atoms with Crippen LogP contribution in [-0.4, -0.2) is 19.4 Å². The number of aromatic nitrogens is 1. The molecule has 0 amide bonds. The van der Waals surface area contributed by atoms with Gasteiger partial charge in [0.2, 0.25) is 0 Å². The predicted octanol–water partition coefficient (Wildman–Crippen LogP) is 3.97. The zero-order chi connectivity index (χ0) is 17.9. The highest BCUT2D eigenvalue weighted by Crippen LogP contribution is 2.25. The van der Waals surface area contributed by atoms with E-state index in [1.165, 1.54) is 12.0 Å². The van der Waals surface area contributed by atoms with E-state index in [2.05, 4.69) is 28.9 Å². The summed E-state index contributed by atoms with van der Waals surface area (Å²) >= 11 is 0. The monoisotopic (exact) mass is 359 g/mol. The van der Waals surface area contributed by atoms with Gasteiger partial charge in [-0.1, -0.05) is 13.0 Å². The van der Waals surface area contributed by atoms with Crippen LogP contribution in [0.1, 0.15) is 44.2 Å². The number of nitrogens with zero attached hydrogens (tertiary/aromatic N) is 1. The molecule has 25 heavy (non-hydrogen) atoms. The molecule has 3 rings (SSSR count). The molecule has 0 fully saturated rings. The number of sulfonamides is 1. The number of anilines is 2. The number of nitrogens with one attached hydrogen (secondary N) is 2. The van der Waals surface area contributed by atoms with E-state index >= 15 is 0 Å². The maximum Gasteiger partial charge on any atom is 0.263 e. The lowest BCUT2D eigenvalue weighted by atomic mass is 9.92. The number of rotatable bonds is 6. The van der Waals surface area contributed by atoms with E-state index in [9.17, 15) is 8.42 Å². The van der Waals surface area contributed by atoms with Gasteiger partial charge in [0.25, 0.3) is 10.0 Å². The zero-order valence-corrected chi connectivity index (χ0v) is 15.6. The number of pyridine rings is 1. The Morgan fingerprint density at radius 2 is 1.88 bits per heavy atom. The Kier molecular flexibility index (Phi) is 5.27. The van der Waals surface area contributed by atoms with Gasteiger partial charge in [0.15, 0.2) is 0 Å². The predicted molar refractivity (Wildman–Crippen MR) is 102 cm³/mol. The highest BCUT2D eigenvalue weighted by Gasteiger charge is 2.18. The molecule has 0 spiro atoms. The highest BCUT2D eigenvalue weighted by molar-refractivity contribution is 7.92. The number of benzene rings is 1. The summed E-state index contributed by atoms with van der Waals surface area (Å²) in [6.45, 7) is 4.19. The summed E-state index contributed by atoms with van der Waals surface area (Å²) in [5.74, 6) is 0.326. The quantitative estimate of drug-likeness (QED) is 0.819. The first-order chi connectivity index (χ1) is 12.0. The van der Waals surface area contributed by atoms with Crippen molar-refractivity contribution in [3.8, 4) is 0 Å². The number of aryl methyl sites for hydroxylation is 2. The molecule has 0 aliphatic heterocycles. The van der Waals surface area contributed by atoms with Gasteiger partial charge in [-0.25, -0.2) is 13.4 Å². The first-order valence-electron chi connectivity index (χ1n) is 8.85. The molecule has 1 atom stereocenters. The number of hydrogen-bond donors (Lipinski definition) is 2. The lowest BCUT2D eigenvalue weighted by molar-refractivity contribution is 0.600. The fourth-order valence-electron chi connectivity index (χ4n) is 3.00. The first-order valence-corrected chi connectivity index (χ1v) is 10.3. The van der Waals surface area contributed by atoms with Crippen molar-refractivity contribution in [3.63, 3.8) is 0 Å². The Balaban J connectivity index is 1.75. The van der Waals surface area contributed by atoms with Gasteiger partial charge in [-0.2, -0.15) is 0 Å². The molecule has 0 bridgehead atoms. The highest BCUT2D eigenvalue weighted by atomic mass is 32.2. The van der Waals surface area contributed by atoms with Crippen molar-refractivity contribution in [1.82, 2.24) is 4.98 Å². The smallest absolute Gasteiger partial charge is 0.263 e. The molecule has 1 unspecified atom stereocenters. The standard InChI is InChI=1S/C19H25N3O2S/c1-3-14(2)21-17-9-11-19(20-13-17)22-25(23,24)18-10-8-15-6-4-5-7-16(15)12-18/h8-14,21H,3-7H2,1-2H3,(H,20,22). The molecular weight excluding hydrogens is 334 g/mol. The first kappa shape index (κ1) is 17.7. The van der Waals surface area contributed by atoms with Crippen molar-refractivity contribution in [3.05, 3.63) is 47.7 Å². The van der Waals surface area contributed by atoms with E-state index in [4.69, 9.17) is 0 Å². The second-order valence-electron chi connectivity index (χ2n) is 6.63. The summed E-state index contributed by atoms with van der Waals surface area (Å²) in [6, 6.07) is 9.29. The van der Waals surface area contributed by atoms with Gasteiger partial charge in [-0.05, 0) is 74.4 Å². The molecular formula is C19H25N3O2S. The molecule has 0 radical (unpaired) electrons. The molecule has 1 aromatic heterocycles. The van der Waals surface area contributed by atoms with Crippen LogP contribution < -0.4 is 10.0 Å². The summed E-state index contributed by atoms with van der Waals surface area (Å²) in [6.07, 6.45) is 6.94. The van der Waals surface area contributed by atoms with Gasteiger partial charge in [-0.3, -0.25) is 4.72 Å². The van der Waals surface area contributed by atoms with Gasteiger partial charge in [0, 0.05) is 6.04 Å². The molecule has 1 heterocycles. The third kappa shape index (κ3) is 4.31. The molecule has 1 aliphatic rings. The Morgan fingerprint density at radius 1 is 1.12 bits per heavy atom. The molecule has 6 heteroatoms. The number of fused-ring (bicyclic) bond motifs is 1. The SMILES string of the molecule is CCC(C)Nc1ccc(NS(=O)(=O)c2ccc3c(c2)CCCC3)nc1. The average Bonchev–Trinajstić information content (AvgIpc) is 2.62. The Morgan fingerprint density at radius 3 is 2.56 bits per heavy atom. The van der Waals surface area contributed by atoms with Crippen LogP contribution in [0.3, 0.4) is 0 Å². The fraction of sp³-hybridized carbons (Fsp3) is 0.421. The summed E-state index contributed by atoms with van der Waals surface area (Å²) in [7, 11) is -3.62. The third-order valence-electron chi connectivity index (χ3n) is 4.66. The molecule has 2 aromatic rings. The molecule has 1 aromatic carbocycles. The number of hydrogen-bond acceptors (Lipinski definition) is 4. The van der Waals surface area contributed by atoms with Gasteiger partial charge >= 0.3 is 0 Å². The maximum absolute atomic E-state index is 12.6. The van der Waals surface area contributed by atoms with Crippen LogP contribution >= 0.6 is 0 Å². The summed E-state index contributed by atoms with van der Waals surface area (Å²) < 4.78 is 27.8. The molecule has 0 saturated carbocycles. The maximum atomic E-state index is 12.6. The Bertz CT molecular complexity index is 832. The van der Waals surface area contributed by atoms with Crippen LogP contribution in [0.2, 0.25) is 0 Å². The molecule has 134 valence electrons. The van der Waals surface area contributed by atoms with E-state index in [1.807, 2.05) is 12.1 Å². The Hall–Kier alpha value is -2.08. The molecule has 5 nitrogen and oxygen atoms in total. The van der Waals surface area contributed by atoms with Crippen LogP contribution in [0, 0.1) is 0 Å². The van der Waals surface area contributed by atoms with Gasteiger partial charge in [0.1, 0.15) is 5.82 Å². The van der Waals surface area contributed by atoms with E-state index < -0.39 is 10.0 Å². The van der Waals surface area contributed by atoms with Gasteiger partial charge in [0.05, 0.1) is 16.8 Å². The second kappa shape index (κ2) is 7.44. The summed E-state index contributed by atoms with van der Waals surface area (Å²) in [5, 5.41) is 3.31. The normalized spacial score (nSPS) is 15.3. The average molecular weight is 359 g/mol. The Labute approximate surface area is 149 Å². The van der Waals surface area contributed by atoms with Crippen molar-refractivity contribution in [1.29, 1.82) is 0 Å².